The summed E-state index contributed by atoms with van der Waals surface area (Å²) in [5, 5.41) is 0. The van der Waals surface area contributed by atoms with Gasteiger partial charge in [-0.1, -0.05) is 6.07 Å². The number of benzene rings is 1. The maximum absolute atomic E-state index is 13.5. The minimum Gasteiger partial charge on any atom is -0.464 e. The number of halogens is 2. The van der Waals surface area contributed by atoms with Crippen molar-refractivity contribution in [2.45, 2.75) is 45.3 Å². The number of aryl methyl sites for hydroxylation is 1. The van der Waals surface area contributed by atoms with Gasteiger partial charge in [0.1, 0.15) is 11.5 Å². The second-order valence-corrected chi connectivity index (χ2v) is 7.03. The quantitative estimate of drug-likeness (QED) is 0.746. The molecular weight excluding hydrogens is 338 g/mol. The minimum atomic E-state index is -0.873. The highest BCUT2D eigenvalue weighted by atomic mass is 19.2. The van der Waals surface area contributed by atoms with Crippen molar-refractivity contribution < 1.29 is 18.0 Å². The van der Waals surface area contributed by atoms with Crippen LogP contribution in [0.5, 0.6) is 0 Å². The van der Waals surface area contributed by atoms with E-state index in [-0.39, 0.29) is 24.5 Å². The lowest BCUT2D eigenvalue weighted by Gasteiger charge is -2.28. The summed E-state index contributed by atoms with van der Waals surface area (Å²) >= 11 is 0. The highest BCUT2D eigenvalue weighted by Gasteiger charge is 2.33. The van der Waals surface area contributed by atoms with E-state index >= 15 is 0 Å². The average Bonchev–Trinajstić information content (AvgIpc) is 3.36. The van der Waals surface area contributed by atoms with Gasteiger partial charge >= 0.3 is 0 Å². The summed E-state index contributed by atoms with van der Waals surface area (Å²) in [5.74, 6) is -0.125. The van der Waals surface area contributed by atoms with Crippen molar-refractivity contribution in [1.82, 2.24) is 9.80 Å². The van der Waals surface area contributed by atoms with Gasteiger partial charge < -0.3 is 9.32 Å². The normalized spacial score (nSPS) is 15.3. The second-order valence-electron chi connectivity index (χ2n) is 7.03. The molecule has 6 heteroatoms. The minimum absolute atomic E-state index is 0.0125. The van der Waals surface area contributed by atoms with Crippen molar-refractivity contribution in [3.63, 3.8) is 0 Å². The van der Waals surface area contributed by atoms with Gasteiger partial charge in [-0.25, -0.2) is 8.78 Å². The van der Waals surface area contributed by atoms with Crippen LogP contribution in [-0.4, -0.2) is 35.3 Å². The molecule has 1 aromatic carbocycles. The molecule has 0 bridgehead atoms. The molecule has 0 aliphatic heterocycles. The van der Waals surface area contributed by atoms with Crippen LogP contribution in [0.4, 0.5) is 8.78 Å². The molecule has 1 atom stereocenters. The summed E-state index contributed by atoms with van der Waals surface area (Å²) in [7, 11) is 1.81. The number of carbonyl (C=O) groups is 1. The first-order valence-electron chi connectivity index (χ1n) is 8.85. The van der Waals surface area contributed by atoms with Crippen LogP contribution in [0.2, 0.25) is 0 Å². The maximum Gasteiger partial charge on any atom is 0.237 e. The van der Waals surface area contributed by atoms with Crippen molar-refractivity contribution in [2.75, 3.05) is 13.6 Å². The molecule has 26 heavy (non-hydrogen) atoms. The smallest absolute Gasteiger partial charge is 0.237 e. The van der Waals surface area contributed by atoms with Gasteiger partial charge in [-0.15, -0.1) is 0 Å². The Bertz CT molecular complexity index is 786. The first kappa shape index (κ1) is 18.6. The van der Waals surface area contributed by atoms with E-state index in [1.165, 1.54) is 6.07 Å². The molecule has 1 unspecified atom stereocenters. The molecule has 140 valence electrons. The van der Waals surface area contributed by atoms with Crippen molar-refractivity contribution in [1.29, 1.82) is 0 Å². The molecule has 0 spiro atoms. The first-order valence-corrected chi connectivity index (χ1v) is 8.85. The Morgan fingerprint density at radius 2 is 1.96 bits per heavy atom. The van der Waals surface area contributed by atoms with Crippen LogP contribution in [0.3, 0.4) is 0 Å². The third-order valence-corrected chi connectivity index (χ3v) is 4.90. The van der Waals surface area contributed by atoms with Crippen LogP contribution < -0.4 is 0 Å². The molecule has 1 fully saturated rings. The van der Waals surface area contributed by atoms with Crippen molar-refractivity contribution >= 4 is 5.91 Å². The average molecular weight is 362 g/mol. The van der Waals surface area contributed by atoms with Crippen LogP contribution in [0.15, 0.2) is 34.7 Å². The highest BCUT2D eigenvalue weighted by Crippen LogP contribution is 2.29. The van der Waals surface area contributed by atoms with Crippen LogP contribution in [0.1, 0.15) is 42.9 Å². The first-order chi connectivity index (χ1) is 12.3. The van der Waals surface area contributed by atoms with Gasteiger partial charge in [0, 0.05) is 12.1 Å². The van der Waals surface area contributed by atoms with E-state index in [0.29, 0.717) is 12.1 Å². The number of hydrogen-bond donors (Lipinski definition) is 0. The Kier molecular flexibility index (Phi) is 5.41. The van der Waals surface area contributed by atoms with Gasteiger partial charge in [-0.2, -0.15) is 0 Å². The van der Waals surface area contributed by atoms with E-state index in [0.717, 1.165) is 30.4 Å². The van der Waals surface area contributed by atoms with E-state index in [4.69, 9.17) is 4.42 Å². The van der Waals surface area contributed by atoms with Crippen LogP contribution in [-0.2, 0) is 11.3 Å². The number of nitrogens with zero attached hydrogens (tertiary/aromatic N) is 2. The van der Waals surface area contributed by atoms with E-state index in [2.05, 4.69) is 0 Å². The number of carbonyl (C=O) groups excluding carboxylic acids is 1. The highest BCUT2D eigenvalue weighted by molar-refractivity contribution is 5.79. The number of hydrogen-bond acceptors (Lipinski definition) is 3. The maximum atomic E-state index is 13.5. The lowest BCUT2D eigenvalue weighted by atomic mass is 10.1. The Morgan fingerprint density at radius 1 is 1.23 bits per heavy atom. The van der Waals surface area contributed by atoms with E-state index in [1.807, 2.05) is 42.8 Å². The summed E-state index contributed by atoms with van der Waals surface area (Å²) in [6, 6.07) is 7.70. The Labute approximate surface area is 152 Å². The standard InChI is InChI=1S/C20H24F2N2O2/c1-13-4-8-17(26-13)11-24(16-6-7-16)20(25)12-23(3)14(2)15-5-9-18(21)19(22)10-15/h4-5,8-10,14,16H,6-7,11-12H2,1-3H3. The van der Waals surface area contributed by atoms with Crippen molar-refractivity contribution in [3.8, 4) is 0 Å². The molecule has 1 aliphatic carbocycles. The Morgan fingerprint density at radius 3 is 2.54 bits per heavy atom. The Balaban J connectivity index is 1.65. The fraction of sp³-hybridized carbons (Fsp3) is 0.450. The number of rotatable bonds is 7. The predicted molar refractivity (Wildman–Crippen MR) is 94.4 cm³/mol. The SMILES string of the molecule is Cc1ccc(CN(C(=O)CN(C)C(C)c2ccc(F)c(F)c2)C2CC2)o1. The zero-order valence-corrected chi connectivity index (χ0v) is 15.3. The van der Waals surface area contributed by atoms with Crippen molar-refractivity contribution in [3.05, 3.63) is 59.1 Å². The molecular formula is C20H24F2N2O2. The molecule has 0 N–H and O–H groups in total. The summed E-state index contributed by atoms with van der Waals surface area (Å²) in [5.41, 5.74) is 0.638. The molecule has 0 radical (unpaired) electrons. The van der Waals surface area contributed by atoms with Gasteiger partial charge in [-0.3, -0.25) is 9.69 Å². The summed E-state index contributed by atoms with van der Waals surface area (Å²) in [4.78, 5) is 16.5. The summed E-state index contributed by atoms with van der Waals surface area (Å²) in [6.07, 6.45) is 2.02. The van der Waals surface area contributed by atoms with E-state index in [1.54, 1.807) is 6.07 Å². The van der Waals surface area contributed by atoms with Gasteiger partial charge in [-0.05, 0) is 63.6 Å². The molecule has 2 aromatic rings. The van der Waals surface area contributed by atoms with E-state index in [9.17, 15) is 13.6 Å². The fourth-order valence-corrected chi connectivity index (χ4v) is 3.01. The van der Waals surface area contributed by atoms with Crippen LogP contribution in [0.25, 0.3) is 0 Å². The van der Waals surface area contributed by atoms with Gasteiger partial charge in [0.25, 0.3) is 0 Å². The molecule has 3 rings (SSSR count). The molecule has 1 aliphatic rings. The molecule has 1 amide bonds. The number of furan rings is 1. The van der Waals surface area contributed by atoms with Crippen molar-refractivity contribution in [2.24, 2.45) is 0 Å². The second kappa shape index (κ2) is 7.58. The van der Waals surface area contributed by atoms with Gasteiger partial charge in [0.05, 0.1) is 13.1 Å². The largest absolute Gasteiger partial charge is 0.464 e. The zero-order chi connectivity index (χ0) is 18.8. The predicted octanol–water partition coefficient (Wildman–Crippen LogP) is 4.05. The third kappa shape index (κ3) is 4.30. The van der Waals surface area contributed by atoms with Crippen LogP contribution >= 0.6 is 0 Å². The van der Waals surface area contributed by atoms with E-state index < -0.39 is 11.6 Å². The summed E-state index contributed by atoms with van der Waals surface area (Å²) in [6.45, 7) is 4.42. The molecule has 1 saturated carbocycles. The van der Waals surface area contributed by atoms with Gasteiger partial charge in [0.2, 0.25) is 5.91 Å². The fourth-order valence-electron chi connectivity index (χ4n) is 3.01. The third-order valence-electron chi connectivity index (χ3n) is 4.90. The van der Waals surface area contributed by atoms with Gasteiger partial charge in [0.15, 0.2) is 11.6 Å². The molecule has 4 nitrogen and oxygen atoms in total. The number of amides is 1. The summed E-state index contributed by atoms with van der Waals surface area (Å²) < 4.78 is 32.2. The topological polar surface area (TPSA) is 36.7 Å². The van der Waals surface area contributed by atoms with Crippen LogP contribution in [0, 0.1) is 18.6 Å². The lowest BCUT2D eigenvalue weighted by Crippen LogP contribution is -2.40. The lowest BCUT2D eigenvalue weighted by molar-refractivity contribution is -0.134. The molecule has 1 heterocycles. The monoisotopic (exact) mass is 362 g/mol. The Hall–Kier alpha value is -2.21. The zero-order valence-electron chi connectivity index (χ0n) is 15.3. The molecule has 0 saturated heterocycles. The number of likely N-dealkylation sites (N-methyl/N-ethyl adjacent to an activating group) is 1. The molecule has 1 aromatic heterocycles.